The summed E-state index contributed by atoms with van der Waals surface area (Å²) >= 11 is 0. The van der Waals surface area contributed by atoms with Gasteiger partial charge >= 0.3 is 12.1 Å². The zero-order valence-electron chi connectivity index (χ0n) is 15.1. The molecule has 5 heteroatoms. The van der Waals surface area contributed by atoms with Crippen LogP contribution in [0.4, 0.5) is 4.79 Å². The van der Waals surface area contributed by atoms with Gasteiger partial charge in [-0.05, 0) is 19.3 Å². The van der Waals surface area contributed by atoms with Crippen LogP contribution in [0.25, 0.3) is 0 Å². The first kappa shape index (κ1) is 22.3. The number of carbonyl (C=O) groups is 2. The van der Waals surface area contributed by atoms with Gasteiger partial charge in [0.1, 0.15) is 0 Å². The lowest BCUT2D eigenvalue weighted by atomic mass is 10.1. The molecule has 0 aromatic heterocycles. The molecule has 1 N–H and O–H groups in total. The van der Waals surface area contributed by atoms with Crippen molar-refractivity contribution >= 4 is 12.1 Å². The lowest BCUT2D eigenvalue weighted by molar-refractivity contribution is -0.143. The Kier molecular flexibility index (Phi) is 16.4. The first-order chi connectivity index (χ1) is 11.7. The normalized spacial score (nSPS) is 10.0. The average molecular weight is 339 g/mol. The maximum atomic E-state index is 11.5. The predicted octanol–water partition coefficient (Wildman–Crippen LogP) is 4.20. The van der Waals surface area contributed by atoms with Gasteiger partial charge in [-0.25, -0.2) is 4.79 Å². The molecule has 1 amide bonds. The number of hydrogen-bond donors (Lipinski definition) is 1. The first-order valence-electron chi connectivity index (χ1n) is 9.20. The number of unbranched alkanes of at least 4 members (excludes halogenated alkanes) is 8. The third kappa shape index (κ3) is 16.7. The average Bonchev–Trinajstić information content (AvgIpc) is 2.58. The van der Waals surface area contributed by atoms with E-state index in [2.05, 4.69) is 22.9 Å². The number of carbonyl (C=O) groups excluding carboxylic acids is 2. The van der Waals surface area contributed by atoms with Gasteiger partial charge in [0.15, 0.2) is 6.61 Å². The Balaban J connectivity index is 3.27. The van der Waals surface area contributed by atoms with Crippen molar-refractivity contribution in [2.75, 3.05) is 19.8 Å². The molecule has 0 rings (SSSR count). The second kappa shape index (κ2) is 17.7. The number of ether oxygens (including phenoxy) is 2. The summed E-state index contributed by atoms with van der Waals surface area (Å²) in [5, 5.41) is 2.60. The van der Waals surface area contributed by atoms with Gasteiger partial charge in [-0.15, -0.1) is 6.42 Å². The highest BCUT2D eigenvalue weighted by Gasteiger charge is 2.03. The largest absolute Gasteiger partial charge is 0.466 e. The third-order valence-electron chi connectivity index (χ3n) is 3.62. The molecule has 138 valence electrons. The molecule has 0 unspecified atom stereocenters. The molecule has 0 spiro atoms. The van der Waals surface area contributed by atoms with Gasteiger partial charge in [0.2, 0.25) is 0 Å². The van der Waals surface area contributed by atoms with E-state index in [-0.39, 0.29) is 12.6 Å². The molecule has 0 saturated carbocycles. The Bertz CT molecular complexity index is 363. The molecule has 0 aliphatic rings. The molecule has 0 aliphatic carbocycles. The van der Waals surface area contributed by atoms with E-state index < -0.39 is 6.09 Å². The minimum Gasteiger partial charge on any atom is -0.466 e. The fourth-order valence-corrected chi connectivity index (χ4v) is 2.24. The van der Waals surface area contributed by atoms with E-state index in [1.54, 1.807) is 0 Å². The number of terminal acetylenes is 1. The van der Waals surface area contributed by atoms with Gasteiger partial charge < -0.3 is 14.8 Å². The number of rotatable bonds is 15. The summed E-state index contributed by atoms with van der Waals surface area (Å²) in [6.45, 7) is 3.26. The Morgan fingerprint density at radius 2 is 1.58 bits per heavy atom. The van der Waals surface area contributed by atoms with Gasteiger partial charge in [0.05, 0.1) is 6.61 Å². The molecule has 0 fully saturated rings. The second-order valence-corrected chi connectivity index (χ2v) is 5.86. The highest BCUT2D eigenvalue weighted by atomic mass is 16.5. The molecule has 0 saturated heterocycles. The van der Waals surface area contributed by atoms with Crippen LogP contribution in [0.3, 0.4) is 0 Å². The molecule has 0 aromatic carbocycles. The lowest BCUT2D eigenvalue weighted by Crippen LogP contribution is -2.25. The smallest absolute Gasteiger partial charge is 0.408 e. The Labute approximate surface area is 146 Å². The van der Waals surface area contributed by atoms with Crippen LogP contribution in [-0.2, 0) is 14.3 Å². The van der Waals surface area contributed by atoms with Crippen LogP contribution in [0.1, 0.15) is 77.6 Å². The highest BCUT2D eigenvalue weighted by Crippen LogP contribution is 2.07. The van der Waals surface area contributed by atoms with Crippen LogP contribution < -0.4 is 5.32 Å². The van der Waals surface area contributed by atoms with E-state index >= 15 is 0 Å². The summed E-state index contributed by atoms with van der Waals surface area (Å²) in [4.78, 5) is 22.6. The summed E-state index contributed by atoms with van der Waals surface area (Å²) < 4.78 is 9.88. The molecule has 0 bridgehead atoms. The van der Waals surface area contributed by atoms with Crippen molar-refractivity contribution in [3.63, 3.8) is 0 Å². The Hall–Kier alpha value is -1.70. The summed E-state index contributed by atoms with van der Waals surface area (Å²) in [5.74, 6) is 2.10. The second-order valence-electron chi connectivity index (χ2n) is 5.86. The molecule has 0 atom stereocenters. The highest BCUT2D eigenvalue weighted by molar-refractivity contribution is 5.69. The van der Waals surface area contributed by atoms with Crippen molar-refractivity contribution < 1.29 is 19.1 Å². The monoisotopic (exact) mass is 339 g/mol. The maximum absolute atomic E-state index is 11.5. The van der Waals surface area contributed by atoms with E-state index in [4.69, 9.17) is 11.2 Å². The van der Waals surface area contributed by atoms with Crippen molar-refractivity contribution in [2.24, 2.45) is 0 Å². The molecular weight excluding hydrogens is 306 g/mol. The molecule has 0 radical (unpaired) electrons. The predicted molar refractivity (Wildman–Crippen MR) is 95.6 cm³/mol. The number of nitrogens with one attached hydrogen (secondary N) is 1. The number of amides is 1. The van der Waals surface area contributed by atoms with Crippen molar-refractivity contribution in [1.29, 1.82) is 0 Å². The van der Waals surface area contributed by atoms with Crippen LogP contribution in [0.2, 0.25) is 0 Å². The number of hydrogen-bond acceptors (Lipinski definition) is 4. The van der Waals surface area contributed by atoms with E-state index in [0.717, 1.165) is 32.1 Å². The van der Waals surface area contributed by atoms with Gasteiger partial charge in [0, 0.05) is 13.0 Å². The van der Waals surface area contributed by atoms with Gasteiger partial charge in [-0.3, -0.25) is 4.79 Å². The van der Waals surface area contributed by atoms with Crippen molar-refractivity contribution in [2.45, 2.75) is 77.6 Å². The Morgan fingerprint density at radius 3 is 2.29 bits per heavy atom. The summed E-state index contributed by atoms with van der Waals surface area (Å²) in [6, 6.07) is 0. The van der Waals surface area contributed by atoms with E-state index in [1.807, 2.05) is 0 Å². The van der Waals surface area contributed by atoms with Gasteiger partial charge in [0.25, 0.3) is 0 Å². The van der Waals surface area contributed by atoms with Crippen molar-refractivity contribution in [3.8, 4) is 12.3 Å². The van der Waals surface area contributed by atoms with Crippen LogP contribution >= 0.6 is 0 Å². The minimum atomic E-state index is -0.498. The van der Waals surface area contributed by atoms with Crippen LogP contribution in [-0.4, -0.2) is 31.8 Å². The fraction of sp³-hybridized carbons (Fsp3) is 0.789. The molecular formula is C19H33NO4. The standard InChI is InChI=1S/C19H33NO4/c1-3-5-6-7-8-9-13-17-23-18(21)14-11-10-12-15-20-19(22)24-16-4-2/h2H,3,5-17H2,1H3,(H,20,22). The van der Waals surface area contributed by atoms with E-state index in [1.165, 1.54) is 32.1 Å². The zero-order valence-corrected chi connectivity index (χ0v) is 15.1. The topological polar surface area (TPSA) is 64.6 Å². The summed E-state index contributed by atoms with van der Waals surface area (Å²) in [5.41, 5.74) is 0. The molecule has 24 heavy (non-hydrogen) atoms. The summed E-state index contributed by atoms with van der Waals surface area (Å²) in [7, 11) is 0. The SMILES string of the molecule is C#CCOC(=O)NCCCCCC(=O)OCCCCCCCCC. The quantitative estimate of drug-likeness (QED) is 0.276. The van der Waals surface area contributed by atoms with Crippen molar-refractivity contribution in [1.82, 2.24) is 5.32 Å². The zero-order chi connectivity index (χ0) is 17.9. The molecule has 0 aromatic rings. The van der Waals surface area contributed by atoms with Gasteiger partial charge in [-0.1, -0.05) is 57.8 Å². The van der Waals surface area contributed by atoms with Crippen molar-refractivity contribution in [3.05, 3.63) is 0 Å². The molecule has 0 aliphatic heterocycles. The minimum absolute atomic E-state index is 0.0174. The summed E-state index contributed by atoms with van der Waals surface area (Å²) in [6.07, 6.45) is 15.9. The maximum Gasteiger partial charge on any atom is 0.408 e. The lowest BCUT2D eigenvalue weighted by Gasteiger charge is -2.06. The fourth-order valence-electron chi connectivity index (χ4n) is 2.24. The van der Waals surface area contributed by atoms with Crippen LogP contribution in [0, 0.1) is 12.3 Å². The van der Waals surface area contributed by atoms with E-state index in [0.29, 0.717) is 19.6 Å². The molecule has 5 nitrogen and oxygen atoms in total. The van der Waals surface area contributed by atoms with Crippen LogP contribution in [0.15, 0.2) is 0 Å². The van der Waals surface area contributed by atoms with Gasteiger partial charge in [-0.2, -0.15) is 0 Å². The first-order valence-corrected chi connectivity index (χ1v) is 9.20. The third-order valence-corrected chi connectivity index (χ3v) is 3.62. The van der Waals surface area contributed by atoms with Crippen LogP contribution in [0.5, 0.6) is 0 Å². The number of alkyl carbamates (subject to hydrolysis) is 1. The van der Waals surface area contributed by atoms with E-state index in [9.17, 15) is 9.59 Å². The Morgan fingerprint density at radius 1 is 0.917 bits per heavy atom. The molecule has 0 heterocycles. The number of esters is 1.